The van der Waals surface area contributed by atoms with Crippen molar-refractivity contribution in [3.05, 3.63) is 33.3 Å². The second kappa shape index (κ2) is 6.23. The quantitative estimate of drug-likeness (QED) is 0.657. The smallest absolute Gasteiger partial charge is 0.290 e. The molecule has 0 saturated carbocycles. The van der Waals surface area contributed by atoms with Crippen molar-refractivity contribution in [2.45, 2.75) is 10.9 Å². The van der Waals surface area contributed by atoms with E-state index in [0.29, 0.717) is 13.1 Å². The molecule has 2 rings (SSSR count). The van der Waals surface area contributed by atoms with E-state index in [0.717, 1.165) is 10.4 Å². The van der Waals surface area contributed by atoms with Crippen LogP contribution in [-0.2, 0) is 10.0 Å². The third-order valence-electron chi connectivity index (χ3n) is 3.05. The molecule has 0 aromatic heterocycles. The number of benzene rings is 1. The number of halogens is 2. The van der Waals surface area contributed by atoms with E-state index in [4.69, 9.17) is 11.6 Å². The highest BCUT2D eigenvalue weighted by Crippen LogP contribution is 2.30. The fourth-order valence-corrected chi connectivity index (χ4v) is 3.39. The van der Waals surface area contributed by atoms with Gasteiger partial charge in [0.05, 0.1) is 4.92 Å². The lowest BCUT2D eigenvalue weighted by molar-refractivity contribution is -0.387. The van der Waals surface area contributed by atoms with Crippen molar-refractivity contribution in [2.24, 2.45) is 0 Å². The summed E-state index contributed by atoms with van der Waals surface area (Å²) in [5.41, 5.74) is -0.508. The third-order valence-corrected chi connectivity index (χ3v) is 5.24. The van der Waals surface area contributed by atoms with Crippen LogP contribution in [0.15, 0.2) is 23.1 Å². The van der Waals surface area contributed by atoms with Gasteiger partial charge in [-0.05, 0) is 12.1 Å². The van der Waals surface area contributed by atoms with Crippen molar-refractivity contribution in [1.29, 1.82) is 0 Å². The number of nitro groups is 1. The third kappa shape index (κ3) is 3.04. The van der Waals surface area contributed by atoms with Crippen LogP contribution in [0.25, 0.3) is 0 Å². The maximum Gasteiger partial charge on any atom is 0.290 e. The average molecular weight is 342 g/mol. The first-order valence-corrected chi connectivity index (χ1v) is 7.28. The summed E-state index contributed by atoms with van der Waals surface area (Å²) in [6.45, 7) is 1.08. The lowest BCUT2D eigenvalue weighted by Gasteiger charge is -2.34. The van der Waals surface area contributed by atoms with E-state index in [2.05, 4.69) is 5.32 Å². The Balaban J connectivity index is 0.00000200. The van der Waals surface area contributed by atoms with Gasteiger partial charge in [-0.3, -0.25) is 10.1 Å². The van der Waals surface area contributed by atoms with Gasteiger partial charge in [-0.15, -0.1) is 12.4 Å². The normalized spacial score (nSPS) is 15.6. The highest BCUT2D eigenvalue weighted by Gasteiger charge is 2.35. The number of nitro benzene ring substituents is 1. The molecule has 1 aromatic carbocycles. The van der Waals surface area contributed by atoms with Crippen LogP contribution >= 0.6 is 24.0 Å². The maximum atomic E-state index is 12.4. The van der Waals surface area contributed by atoms with Crippen molar-refractivity contribution in [3.63, 3.8) is 0 Å². The van der Waals surface area contributed by atoms with Gasteiger partial charge >= 0.3 is 0 Å². The summed E-state index contributed by atoms with van der Waals surface area (Å²) in [5, 5.41) is 14.0. The molecule has 1 aliphatic rings. The minimum Gasteiger partial charge on any atom is -0.313 e. The molecule has 0 aliphatic carbocycles. The van der Waals surface area contributed by atoms with Gasteiger partial charge < -0.3 is 5.32 Å². The van der Waals surface area contributed by atoms with Gasteiger partial charge in [0, 0.05) is 37.3 Å². The molecule has 1 aromatic rings. The zero-order valence-corrected chi connectivity index (χ0v) is 12.8. The molecule has 0 amide bonds. The number of likely N-dealkylation sites (N-methyl/N-ethyl adjacent to an activating group) is 1. The largest absolute Gasteiger partial charge is 0.313 e. The molecule has 1 saturated heterocycles. The molecule has 1 aliphatic heterocycles. The fraction of sp³-hybridized carbons (Fsp3) is 0.400. The number of nitrogens with one attached hydrogen (secondary N) is 1. The average Bonchev–Trinajstić information content (AvgIpc) is 2.25. The van der Waals surface area contributed by atoms with Crippen LogP contribution in [0.2, 0.25) is 5.02 Å². The van der Waals surface area contributed by atoms with E-state index < -0.39 is 20.6 Å². The topological polar surface area (TPSA) is 92.6 Å². The summed E-state index contributed by atoms with van der Waals surface area (Å²) in [5.74, 6) is 0. The van der Waals surface area contributed by atoms with Crippen LogP contribution in [0.4, 0.5) is 5.69 Å². The first kappa shape index (κ1) is 17.1. The van der Waals surface area contributed by atoms with Gasteiger partial charge in [0.2, 0.25) is 10.0 Å². The Morgan fingerprint density at radius 2 is 2.05 bits per heavy atom. The number of hydrogen-bond acceptors (Lipinski definition) is 5. The zero-order chi connectivity index (χ0) is 14.2. The highest BCUT2D eigenvalue weighted by atomic mass is 35.5. The Morgan fingerprint density at radius 3 is 2.50 bits per heavy atom. The minimum atomic E-state index is -3.90. The predicted molar refractivity (Wildman–Crippen MR) is 77.0 cm³/mol. The van der Waals surface area contributed by atoms with Crippen molar-refractivity contribution in [3.8, 4) is 0 Å². The van der Waals surface area contributed by atoms with Crippen LogP contribution in [0.5, 0.6) is 0 Å². The molecule has 7 nitrogen and oxygen atoms in total. The lowest BCUT2D eigenvalue weighted by atomic mass is 10.2. The van der Waals surface area contributed by atoms with E-state index in [1.165, 1.54) is 19.2 Å². The van der Waals surface area contributed by atoms with E-state index in [1.54, 1.807) is 0 Å². The van der Waals surface area contributed by atoms with Crippen LogP contribution < -0.4 is 5.32 Å². The molecule has 0 radical (unpaired) electrons. The molecular weight excluding hydrogens is 329 g/mol. The van der Waals surface area contributed by atoms with Gasteiger partial charge in [-0.2, -0.15) is 4.31 Å². The summed E-state index contributed by atoms with van der Waals surface area (Å²) in [6, 6.07) is 3.36. The molecule has 112 valence electrons. The SMILES string of the molecule is CN(C1CNC1)S(=O)(=O)c1ccc(Cl)cc1[N+](=O)[O-].Cl. The van der Waals surface area contributed by atoms with Crippen LogP contribution in [0.1, 0.15) is 0 Å². The van der Waals surface area contributed by atoms with Crippen molar-refractivity contribution >= 4 is 39.7 Å². The minimum absolute atomic E-state index is 0. The van der Waals surface area contributed by atoms with Crippen LogP contribution in [0, 0.1) is 10.1 Å². The molecule has 1 N–H and O–H groups in total. The van der Waals surface area contributed by atoms with E-state index in [-0.39, 0.29) is 28.4 Å². The summed E-state index contributed by atoms with van der Waals surface area (Å²) in [6.07, 6.45) is 0. The molecule has 1 fully saturated rings. The molecule has 10 heteroatoms. The molecule has 0 spiro atoms. The molecule has 0 bridgehead atoms. The molecule has 20 heavy (non-hydrogen) atoms. The Morgan fingerprint density at radius 1 is 1.45 bits per heavy atom. The molecule has 0 unspecified atom stereocenters. The summed E-state index contributed by atoms with van der Waals surface area (Å²) < 4.78 is 25.9. The number of nitrogens with zero attached hydrogens (tertiary/aromatic N) is 2. The molecule has 0 atom stereocenters. The van der Waals surface area contributed by atoms with Crippen LogP contribution in [0.3, 0.4) is 0 Å². The van der Waals surface area contributed by atoms with Gasteiger partial charge in [0.1, 0.15) is 0 Å². The van der Waals surface area contributed by atoms with Gasteiger partial charge in [-0.1, -0.05) is 11.6 Å². The second-order valence-corrected chi connectivity index (χ2v) is 6.60. The standard InChI is InChI=1S/C10H12ClN3O4S.ClH/c1-13(8-5-12-6-8)19(17,18)10-3-2-7(11)4-9(10)14(15)16;/h2-4,8,12H,5-6H2,1H3;1H. The second-order valence-electron chi connectivity index (χ2n) is 4.20. The van der Waals surface area contributed by atoms with E-state index in [9.17, 15) is 18.5 Å². The van der Waals surface area contributed by atoms with Crippen molar-refractivity contribution in [1.82, 2.24) is 9.62 Å². The lowest BCUT2D eigenvalue weighted by Crippen LogP contribution is -2.57. The molecular formula is C10H13Cl2N3O4S. The number of hydrogen-bond donors (Lipinski definition) is 1. The monoisotopic (exact) mass is 341 g/mol. The van der Waals surface area contributed by atoms with Crippen LogP contribution in [-0.4, -0.2) is 43.8 Å². The van der Waals surface area contributed by atoms with Crippen molar-refractivity contribution < 1.29 is 13.3 Å². The van der Waals surface area contributed by atoms with Gasteiger partial charge in [0.15, 0.2) is 4.90 Å². The maximum absolute atomic E-state index is 12.4. The van der Waals surface area contributed by atoms with Crippen molar-refractivity contribution in [2.75, 3.05) is 20.1 Å². The Bertz CT molecular complexity index is 619. The van der Waals surface area contributed by atoms with E-state index >= 15 is 0 Å². The van der Waals surface area contributed by atoms with E-state index in [1.807, 2.05) is 0 Å². The zero-order valence-electron chi connectivity index (χ0n) is 10.4. The number of sulfonamides is 1. The first-order chi connectivity index (χ1) is 8.84. The van der Waals surface area contributed by atoms with Gasteiger partial charge in [-0.25, -0.2) is 8.42 Å². The summed E-state index contributed by atoms with van der Waals surface area (Å²) in [4.78, 5) is 9.87. The summed E-state index contributed by atoms with van der Waals surface area (Å²) >= 11 is 5.67. The number of rotatable bonds is 4. The Labute approximate surface area is 127 Å². The summed E-state index contributed by atoms with van der Waals surface area (Å²) in [7, 11) is -2.48. The fourth-order valence-electron chi connectivity index (χ4n) is 1.73. The highest BCUT2D eigenvalue weighted by molar-refractivity contribution is 7.89. The Hall–Kier alpha value is -0.930. The Kier molecular flexibility index (Phi) is 5.33. The first-order valence-electron chi connectivity index (χ1n) is 5.46. The van der Waals surface area contributed by atoms with Gasteiger partial charge in [0.25, 0.3) is 5.69 Å². The molecule has 1 heterocycles. The predicted octanol–water partition coefficient (Wildman–Crippen LogP) is 1.26.